The van der Waals surface area contributed by atoms with Crippen LogP contribution in [0.1, 0.15) is 17.3 Å². The van der Waals surface area contributed by atoms with Gasteiger partial charge in [-0.05, 0) is 23.8 Å². The fourth-order valence-electron chi connectivity index (χ4n) is 3.17. The lowest BCUT2D eigenvalue weighted by Gasteiger charge is -2.25. The van der Waals surface area contributed by atoms with Crippen LogP contribution in [0.15, 0.2) is 48.5 Å². The van der Waals surface area contributed by atoms with Gasteiger partial charge in [0.2, 0.25) is 0 Å². The Morgan fingerprint density at radius 2 is 2.00 bits per heavy atom. The number of hydrogen-bond donors (Lipinski definition) is 2. The number of rotatable bonds is 4. The molecule has 8 heteroatoms. The van der Waals surface area contributed by atoms with E-state index in [-0.39, 0.29) is 6.54 Å². The zero-order chi connectivity index (χ0) is 18.3. The lowest BCUT2D eigenvalue weighted by atomic mass is 9.99. The van der Waals surface area contributed by atoms with Gasteiger partial charge in [-0.1, -0.05) is 41.9 Å². The van der Waals surface area contributed by atoms with Gasteiger partial charge in [-0.25, -0.2) is 4.79 Å². The Balaban J connectivity index is 1.84. The molecule has 0 saturated carbocycles. The molecule has 0 spiro atoms. The first-order valence-corrected chi connectivity index (χ1v) is 8.37. The topological polar surface area (TPSA) is 101 Å². The number of carbonyl (C=O) groups excluding carboxylic acids is 2. The highest BCUT2D eigenvalue weighted by Gasteiger charge is 2.41. The second kappa shape index (κ2) is 6.34. The number of H-pyrrole nitrogens is 1. The van der Waals surface area contributed by atoms with Gasteiger partial charge in [0.05, 0.1) is 17.8 Å². The summed E-state index contributed by atoms with van der Waals surface area (Å²) in [6.07, 6.45) is -1.58. The van der Waals surface area contributed by atoms with Crippen molar-refractivity contribution in [3.05, 3.63) is 64.8 Å². The first-order valence-electron chi connectivity index (χ1n) is 7.99. The highest BCUT2D eigenvalue weighted by molar-refractivity contribution is 6.30. The summed E-state index contributed by atoms with van der Waals surface area (Å²) in [7, 11) is 0. The van der Waals surface area contributed by atoms with E-state index in [0.29, 0.717) is 5.02 Å². The number of hydrogen-bond acceptors (Lipinski definition) is 4. The van der Waals surface area contributed by atoms with E-state index in [2.05, 4.69) is 10.2 Å². The maximum Gasteiger partial charge on any atom is 0.411 e. The molecule has 0 bridgehead atoms. The molecule has 1 aliphatic heterocycles. The van der Waals surface area contributed by atoms with Crippen LogP contribution in [0.3, 0.4) is 0 Å². The number of nitrogens with zero attached hydrogens (tertiary/aromatic N) is 2. The van der Waals surface area contributed by atoms with Crippen LogP contribution in [-0.4, -0.2) is 39.7 Å². The SMILES string of the molecule is NC(=O)C1CN([C@@H](c2ccc(Cl)cc2)c2[nH]nc3ccccc23)C(=O)O1. The van der Waals surface area contributed by atoms with Gasteiger partial charge >= 0.3 is 6.09 Å². The van der Waals surface area contributed by atoms with Gasteiger partial charge in [-0.2, -0.15) is 5.10 Å². The minimum absolute atomic E-state index is 0.0643. The molecule has 3 N–H and O–H groups in total. The minimum Gasteiger partial charge on any atom is -0.434 e. The molecule has 0 radical (unpaired) electrons. The Labute approximate surface area is 153 Å². The van der Waals surface area contributed by atoms with E-state index in [4.69, 9.17) is 22.1 Å². The molecule has 2 amide bonds. The second-order valence-corrected chi connectivity index (χ2v) is 6.47. The van der Waals surface area contributed by atoms with Gasteiger partial charge in [0.1, 0.15) is 6.04 Å². The molecule has 1 saturated heterocycles. The molecule has 7 nitrogen and oxygen atoms in total. The number of fused-ring (bicyclic) bond motifs is 1. The zero-order valence-corrected chi connectivity index (χ0v) is 14.3. The first kappa shape index (κ1) is 16.4. The van der Waals surface area contributed by atoms with Gasteiger partial charge in [0, 0.05) is 10.4 Å². The van der Waals surface area contributed by atoms with E-state index in [1.807, 2.05) is 36.4 Å². The van der Waals surface area contributed by atoms with Crippen molar-refractivity contribution in [2.75, 3.05) is 6.54 Å². The van der Waals surface area contributed by atoms with Crippen molar-refractivity contribution in [1.29, 1.82) is 0 Å². The third-order valence-corrected chi connectivity index (χ3v) is 4.67. The summed E-state index contributed by atoms with van der Waals surface area (Å²) in [5, 5.41) is 8.79. The van der Waals surface area contributed by atoms with Crippen molar-refractivity contribution in [2.24, 2.45) is 5.73 Å². The largest absolute Gasteiger partial charge is 0.434 e. The van der Waals surface area contributed by atoms with E-state index in [1.165, 1.54) is 4.90 Å². The average Bonchev–Trinajstić information content (AvgIpc) is 3.22. The summed E-state index contributed by atoms with van der Waals surface area (Å²) in [4.78, 5) is 25.4. The predicted octanol–water partition coefficient (Wildman–Crippen LogP) is 2.61. The van der Waals surface area contributed by atoms with Crippen molar-refractivity contribution >= 4 is 34.5 Å². The van der Waals surface area contributed by atoms with Gasteiger partial charge in [0.25, 0.3) is 5.91 Å². The van der Waals surface area contributed by atoms with Crippen LogP contribution in [0, 0.1) is 0 Å². The standard InChI is InChI=1S/C18H15ClN4O3/c19-11-7-5-10(6-8-11)16(23-9-14(17(20)24)26-18(23)25)15-12-3-1-2-4-13(12)21-22-15/h1-8,14,16H,9H2,(H2,20,24)(H,21,22)/t14?,16-/m0/s1. The molecule has 4 rings (SSSR count). The van der Waals surface area contributed by atoms with Gasteiger partial charge < -0.3 is 10.5 Å². The minimum atomic E-state index is -0.980. The van der Waals surface area contributed by atoms with E-state index in [1.54, 1.807) is 12.1 Å². The predicted molar refractivity (Wildman–Crippen MR) is 95.6 cm³/mol. The fraction of sp³-hybridized carbons (Fsp3) is 0.167. The molecule has 132 valence electrons. The number of cyclic esters (lactones) is 1. The number of para-hydroxylation sites is 1. The highest BCUT2D eigenvalue weighted by Crippen LogP contribution is 2.35. The Hall–Kier alpha value is -3.06. The summed E-state index contributed by atoms with van der Waals surface area (Å²) in [5.41, 5.74) is 7.63. The normalized spacial score (nSPS) is 18.1. The van der Waals surface area contributed by atoms with Crippen LogP contribution in [0.2, 0.25) is 5.02 Å². The number of primary amides is 1. The van der Waals surface area contributed by atoms with Gasteiger partial charge in [-0.3, -0.25) is 14.8 Å². The second-order valence-electron chi connectivity index (χ2n) is 6.04. The van der Waals surface area contributed by atoms with Crippen LogP contribution < -0.4 is 5.73 Å². The van der Waals surface area contributed by atoms with Crippen LogP contribution in [-0.2, 0) is 9.53 Å². The summed E-state index contributed by atoms with van der Waals surface area (Å²) in [6, 6.07) is 14.2. The molecule has 2 atom stereocenters. The third kappa shape index (κ3) is 2.76. The number of halogens is 1. The van der Waals surface area contributed by atoms with Crippen LogP contribution in [0.5, 0.6) is 0 Å². The van der Waals surface area contributed by atoms with Crippen molar-refractivity contribution in [2.45, 2.75) is 12.1 Å². The summed E-state index contributed by atoms with van der Waals surface area (Å²) >= 11 is 6.00. The molecule has 2 aromatic carbocycles. The lowest BCUT2D eigenvalue weighted by Crippen LogP contribution is -2.35. The number of carbonyl (C=O) groups is 2. The smallest absolute Gasteiger partial charge is 0.411 e. The van der Waals surface area contributed by atoms with Crippen molar-refractivity contribution in [3.8, 4) is 0 Å². The maximum absolute atomic E-state index is 12.4. The highest BCUT2D eigenvalue weighted by atomic mass is 35.5. The van der Waals surface area contributed by atoms with Crippen LogP contribution >= 0.6 is 11.6 Å². The Morgan fingerprint density at radius 1 is 1.27 bits per heavy atom. The van der Waals surface area contributed by atoms with E-state index >= 15 is 0 Å². The van der Waals surface area contributed by atoms with Gasteiger partial charge in [0.15, 0.2) is 6.10 Å². The summed E-state index contributed by atoms with van der Waals surface area (Å²) in [5.74, 6) is -0.676. The Morgan fingerprint density at radius 3 is 2.69 bits per heavy atom. The molecular weight excluding hydrogens is 356 g/mol. The number of benzene rings is 2. The van der Waals surface area contributed by atoms with Crippen LogP contribution in [0.25, 0.3) is 10.9 Å². The maximum atomic E-state index is 12.4. The monoisotopic (exact) mass is 370 g/mol. The molecule has 1 aromatic heterocycles. The number of nitrogens with one attached hydrogen (secondary N) is 1. The Kier molecular flexibility index (Phi) is 4.00. The summed E-state index contributed by atoms with van der Waals surface area (Å²) < 4.78 is 5.12. The fourth-order valence-corrected chi connectivity index (χ4v) is 3.30. The van der Waals surface area contributed by atoms with E-state index < -0.39 is 24.1 Å². The molecular formula is C18H15ClN4O3. The number of ether oxygens (including phenoxy) is 1. The number of aromatic amines is 1. The average molecular weight is 371 g/mol. The molecule has 1 fully saturated rings. The molecule has 0 aliphatic carbocycles. The lowest BCUT2D eigenvalue weighted by molar-refractivity contribution is -0.124. The molecule has 1 unspecified atom stereocenters. The van der Waals surface area contributed by atoms with Crippen molar-refractivity contribution in [3.63, 3.8) is 0 Å². The number of aromatic nitrogens is 2. The van der Waals surface area contributed by atoms with Gasteiger partial charge in [-0.15, -0.1) is 0 Å². The van der Waals surface area contributed by atoms with E-state index in [9.17, 15) is 9.59 Å². The molecule has 3 aromatic rings. The molecule has 26 heavy (non-hydrogen) atoms. The molecule has 1 aliphatic rings. The first-order chi connectivity index (χ1) is 12.5. The molecule has 2 heterocycles. The summed E-state index contributed by atoms with van der Waals surface area (Å²) in [6.45, 7) is 0.0643. The number of nitrogens with two attached hydrogens (primary N) is 1. The Bertz CT molecular complexity index is 986. The zero-order valence-electron chi connectivity index (χ0n) is 13.6. The van der Waals surface area contributed by atoms with E-state index in [0.717, 1.165) is 22.2 Å². The quantitative estimate of drug-likeness (QED) is 0.737. The van der Waals surface area contributed by atoms with Crippen molar-refractivity contribution in [1.82, 2.24) is 15.1 Å². The van der Waals surface area contributed by atoms with Crippen molar-refractivity contribution < 1.29 is 14.3 Å². The number of amides is 2. The third-order valence-electron chi connectivity index (χ3n) is 4.42. The van der Waals surface area contributed by atoms with Crippen LogP contribution in [0.4, 0.5) is 4.79 Å².